The molecule has 1 unspecified atom stereocenters. The number of nitrogens with zero attached hydrogens (tertiary/aromatic N) is 1. The molecule has 1 aliphatic heterocycles. The largest absolute Gasteiger partial charge is 0.378 e. The zero-order valence-electron chi connectivity index (χ0n) is 9.33. The molecular formula is C11H22N2O. The topological polar surface area (TPSA) is 24.5 Å². The van der Waals surface area contributed by atoms with Crippen molar-refractivity contribution in [1.29, 1.82) is 0 Å². The Hall–Kier alpha value is -0.380. The van der Waals surface area contributed by atoms with Crippen LogP contribution in [0.15, 0.2) is 12.2 Å². The van der Waals surface area contributed by atoms with E-state index in [2.05, 4.69) is 36.2 Å². The van der Waals surface area contributed by atoms with Gasteiger partial charge in [-0.3, -0.25) is 4.90 Å². The van der Waals surface area contributed by atoms with Crippen molar-refractivity contribution in [3.8, 4) is 0 Å². The molecule has 14 heavy (non-hydrogen) atoms. The molecule has 1 heterocycles. The van der Waals surface area contributed by atoms with Crippen LogP contribution in [-0.4, -0.2) is 50.3 Å². The summed E-state index contributed by atoms with van der Waals surface area (Å²) in [6.45, 7) is 10.1. The summed E-state index contributed by atoms with van der Waals surface area (Å²) in [6, 6.07) is 0.542. The van der Waals surface area contributed by atoms with Crippen molar-refractivity contribution < 1.29 is 4.74 Å². The molecule has 1 rings (SSSR count). The van der Waals surface area contributed by atoms with Crippen LogP contribution in [0.5, 0.6) is 0 Å². The summed E-state index contributed by atoms with van der Waals surface area (Å²) in [4.78, 5) is 2.48. The molecule has 3 heteroatoms. The third kappa shape index (κ3) is 3.78. The van der Waals surface area contributed by atoms with E-state index in [1.54, 1.807) is 0 Å². The Bertz CT molecular complexity index is 171. The van der Waals surface area contributed by atoms with Crippen LogP contribution in [0.2, 0.25) is 0 Å². The molecule has 0 bridgehead atoms. The monoisotopic (exact) mass is 198 g/mol. The van der Waals surface area contributed by atoms with Crippen molar-refractivity contribution in [1.82, 2.24) is 10.2 Å². The Morgan fingerprint density at radius 2 is 2.43 bits per heavy atom. The van der Waals surface area contributed by atoms with Crippen molar-refractivity contribution in [3.63, 3.8) is 0 Å². The van der Waals surface area contributed by atoms with Gasteiger partial charge in [0, 0.05) is 25.7 Å². The molecule has 0 radical (unpaired) electrons. The maximum Gasteiger partial charge on any atom is 0.0635 e. The summed E-state index contributed by atoms with van der Waals surface area (Å²) >= 11 is 0. The molecule has 0 aromatic carbocycles. The van der Waals surface area contributed by atoms with Crippen LogP contribution in [-0.2, 0) is 4.74 Å². The van der Waals surface area contributed by atoms with Crippen LogP contribution < -0.4 is 5.32 Å². The highest BCUT2D eigenvalue weighted by Gasteiger charge is 2.20. The Labute approximate surface area is 87.1 Å². The first-order valence-electron chi connectivity index (χ1n) is 5.52. The second kappa shape index (κ2) is 6.98. The molecule has 3 nitrogen and oxygen atoms in total. The van der Waals surface area contributed by atoms with Crippen LogP contribution in [0.3, 0.4) is 0 Å². The Balaban J connectivity index is 2.33. The summed E-state index contributed by atoms with van der Waals surface area (Å²) in [7, 11) is 0. The van der Waals surface area contributed by atoms with Gasteiger partial charge in [0.25, 0.3) is 0 Å². The standard InChI is InChI=1S/C11H22N2O/c1-3-5-6-13-7-8-14-10-11(13)9-12-4-2/h3,5,11-12H,4,6-10H2,1-2H3/b5-3+. The molecule has 0 aromatic rings. The summed E-state index contributed by atoms with van der Waals surface area (Å²) in [5.74, 6) is 0. The molecule has 0 spiro atoms. The Kier molecular flexibility index (Phi) is 5.83. The zero-order chi connectivity index (χ0) is 10.2. The predicted molar refractivity (Wildman–Crippen MR) is 59.5 cm³/mol. The van der Waals surface area contributed by atoms with Crippen molar-refractivity contribution in [3.05, 3.63) is 12.2 Å². The maximum atomic E-state index is 5.48. The lowest BCUT2D eigenvalue weighted by Crippen LogP contribution is -2.50. The first kappa shape index (κ1) is 11.7. The average Bonchev–Trinajstić information content (AvgIpc) is 2.24. The molecule has 0 amide bonds. The van der Waals surface area contributed by atoms with Gasteiger partial charge in [0.15, 0.2) is 0 Å². The van der Waals surface area contributed by atoms with E-state index in [1.807, 2.05) is 0 Å². The Morgan fingerprint density at radius 1 is 1.57 bits per heavy atom. The van der Waals surface area contributed by atoms with Crippen LogP contribution in [0, 0.1) is 0 Å². The fourth-order valence-electron chi connectivity index (χ4n) is 1.67. The van der Waals surface area contributed by atoms with E-state index in [1.165, 1.54) is 0 Å². The van der Waals surface area contributed by atoms with E-state index < -0.39 is 0 Å². The van der Waals surface area contributed by atoms with Crippen LogP contribution in [0.25, 0.3) is 0 Å². The number of ether oxygens (including phenoxy) is 1. The molecule has 0 aromatic heterocycles. The predicted octanol–water partition coefficient (Wildman–Crippen LogP) is 0.873. The lowest BCUT2D eigenvalue weighted by Gasteiger charge is -2.34. The summed E-state index contributed by atoms with van der Waals surface area (Å²) in [5.41, 5.74) is 0. The van der Waals surface area contributed by atoms with Gasteiger partial charge in [-0.05, 0) is 13.5 Å². The minimum Gasteiger partial charge on any atom is -0.378 e. The van der Waals surface area contributed by atoms with Gasteiger partial charge < -0.3 is 10.1 Å². The van der Waals surface area contributed by atoms with Gasteiger partial charge in [-0.2, -0.15) is 0 Å². The highest BCUT2D eigenvalue weighted by molar-refractivity contribution is 4.86. The summed E-state index contributed by atoms with van der Waals surface area (Å²) in [6.07, 6.45) is 4.32. The summed E-state index contributed by atoms with van der Waals surface area (Å²) in [5, 5.41) is 3.38. The molecule has 1 N–H and O–H groups in total. The van der Waals surface area contributed by atoms with Crippen LogP contribution in [0.4, 0.5) is 0 Å². The molecule has 0 saturated carbocycles. The van der Waals surface area contributed by atoms with Gasteiger partial charge in [-0.1, -0.05) is 19.1 Å². The number of hydrogen-bond acceptors (Lipinski definition) is 3. The molecule has 82 valence electrons. The lowest BCUT2D eigenvalue weighted by molar-refractivity contribution is -0.000853. The highest BCUT2D eigenvalue weighted by Crippen LogP contribution is 2.05. The molecule has 1 fully saturated rings. The molecule has 1 saturated heterocycles. The smallest absolute Gasteiger partial charge is 0.0635 e. The van der Waals surface area contributed by atoms with E-state index in [0.29, 0.717) is 6.04 Å². The van der Waals surface area contributed by atoms with E-state index in [-0.39, 0.29) is 0 Å². The quantitative estimate of drug-likeness (QED) is 0.664. The molecule has 1 aliphatic rings. The van der Waals surface area contributed by atoms with Crippen molar-refractivity contribution >= 4 is 0 Å². The summed E-state index contributed by atoms with van der Waals surface area (Å²) < 4.78 is 5.48. The van der Waals surface area contributed by atoms with E-state index in [4.69, 9.17) is 4.74 Å². The van der Waals surface area contributed by atoms with Gasteiger partial charge in [0.05, 0.1) is 13.2 Å². The van der Waals surface area contributed by atoms with Gasteiger partial charge in [-0.25, -0.2) is 0 Å². The van der Waals surface area contributed by atoms with Gasteiger partial charge in [0.1, 0.15) is 0 Å². The van der Waals surface area contributed by atoms with Crippen molar-refractivity contribution in [2.45, 2.75) is 19.9 Å². The normalized spacial score (nSPS) is 24.6. The minimum atomic E-state index is 0.542. The van der Waals surface area contributed by atoms with E-state index in [9.17, 15) is 0 Å². The Morgan fingerprint density at radius 3 is 3.14 bits per heavy atom. The highest BCUT2D eigenvalue weighted by atomic mass is 16.5. The van der Waals surface area contributed by atoms with Crippen LogP contribution >= 0.6 is 0 Å². The molecule has 1 atom stereocenters. The number of likely N-dealkylation sites (N-methyl/N-ethyl adjacent to an activating group) is 1. The number of allylic oxidation sites excluding steroid dienone is 1. The van der Waals surface area contributed by atoms with Gasteiger partial charge in [-0.15, -0.1) is 0 Å². The second-order valence-corrected chi connectivity index (χ2v) is 3.60. The zero-order valence-corrected chi connectivity index (χ0v) is 9.33. The number of rotatable bonds is 5. The minimum absolute atomic E-state index is 0.542. The maximum absolute atomic E-state index is 5.48. The van der Waals surface area contributed by atoms with Crippen molar-refractivity contribution in [2.75, 3.05) is 39.4 Å². The van der Waals surface area contributed by atoms with Gasteiger partial charge in [0.2, 0.25) is 0 Å². The number of nitrogens with one attached hydrogen (secondary N) is 1. The SMILES string of the molecule is C/C=C/CN1CCOCC1CNCC. The molecule has 0 aliphatic carbocycles. The van der Waals surface area contributed by atoms with Crippen LogP contribution in [0.1, 0.15) is 13.8 Å². The van der Waals surface area contributed by atoms with Gasteiger partial charge >= 0.3 is 0 Å². The first-order valence-corrected chi connectivity index (χ1v) is 5.52. The lowest BCUT2D eigenvalue weighted by atomic mass is 10.2. The fraction of sp³-hybridized carbons (Fsp3) is 0.818. The third-order valence-corrected chi connectivity index (χ3v) is 2.56. The van der Waals surface area contributed by atoms with E-state index >= 15 is 0 Å². The second-order valence-electron chi connectivity index (χ2n) is 3.60. The van der Waals surface area contributed by atoms with Crippen molar-refractivity contribution in [2.24, 2.45) is 0 Å². The number of hydrogen-bond donors (Lipinski definition) is 1. The average molecular weight is 198 g/mol. The molecular weight excluding hydrogens is 176 g/mol. The fourth-order valence-corrected chi connectivity index (χ4v) is 1.67. The van der Waals surface area contributed by atoms with E-state index in [0.717, 1.165) is 39.4 Å². The number of morpholine rings is 1. The third-order valence-electron chi connectivity index (χ3n) is 2.56. The first-order chi connectivity index (χ1) is 6.88.